The fourth-order valence-corrected chi connectivity index (χ4v) is 11.5. The lowest BCUT2D eigenvalue weighted by Crippen LogP contribution is -2.47. The Kier molecular flexibility index (Phi) is 65.5. The summed E-state index contributed by atoms with van der Waals surface area (Å²) in [6.45, 7) is 6.92. The number of quaternary nitrogens is 1. The third-order valence-electron chi connectivity index (χ3n) is 16.5. The quantitative estimate of drug-likeness (QED) is 0.0205. The summed E-state index contributed by atoms with van der Waals surface area (Å²) in [5.74, 6) is -0.514. The van der Waals surface area contributed by atoms with Gasteiger partial charge >= 0.3 is 13.8 Å². The molecule has 9 nitrogen and oxygen atoms in total. The molecule has 0 aromatic heterocycles. The number of phosphoric acid groups is 1. The molecule has 0 heterocycles. The van der Waals surface area contributed by atoms with E-state index in [0.717, 1.165) is 122 Å². The number of allylic oxidation sites excluding steroid dienone is 15. The number of carbonyl (C=O) groups is 2. The van der Waals surface area contributed by atoms with Crippen LogP contribution in [-0.2, 0) is 27.9 Å². The van der Waals surface area contributed by atoms with Crippen LogP contribution in [0, 0.1) is 0 Å². The van der Waals surface area contributed by atoms with Gasteiger partial charge < -0.3 is 19.4 Å². The van der Waals surface area contributed by atoms with Gasteiger partial charge in [0, 0.05) is 12.8 Å². The molecule has 89 heavy (non-hydrogen) atoms. The van der Waals surface area contributed by atoms with Crippen LogP contribution in [0.25, 0.3) is 0 Å². The van der Waals surface area contributed by atoms with Crippen molar-refractivity contribution in [3.05, 3.63) is 97.2 Å². The highest BCUT2D eigenvalue weighted by Crippen LogP contribution is 2.43. The largest absolute Gasteiger partial charge is 0.472 e. The Hall–Kier alpha value is -3.07. The van der Waals surface area contributed by atoms with Gasteiger partial charge in [-0.1, -0.05) is 317 Å². The maximum Gasteiger partial charge on any atom is 0.472 e. The molecule has 0 aromatic rings. The zero-order valence-electron chi connectivity index (χ0n) is 59.2. The molecule has 1 amide bonds. The molecule has 516 valence electrons. The first kappa shape index (κ1) is 85.9. The summed E-state index contributed by atoms with van der Waals surface area (Å²) in [5, 5.41) is 3.08. The van der Waals surface area contributed by atoms with Crippen LogP contribution in [0.4, 0.5) is 0 Å². The Morgan fingerprint density at radius 2 is 0.719 bits per heavy atom. The number of hydrogen-bond acceptors (Lipinski definition) is 6. The lowest BCUT2D eigenvalue weighted by atomic mass is 10.0. The average molecular weight is 1270 g/mol. The summed E-state index contributed by atoms with van der Waals surface area (Å²) >= 11 is 0. The van der Waals surface area contributed by atoms with Crippen LogP contribution in [0.2, 0.25) is 0 Å². The summed E-state index contributed by atoms with van der Waals surface area (Å²) in [5.41, 5.74) is 0. The second kappa shape index (κ2) is 67.8. The highest BCUT2D eigenvalue weighted by molar-refractivity contribution is 7.47. The smallest absolute Gasteiger partial charge is 0.456 e. The minimum atomic E-state index is -4.47. The van der Waals surface area contributed by atoms with E-state index in [4.69, 9.17) is 13.8 Å². The first-order valence-corrected chi connectivity index (χ1v) is 39.1. The van der Waals surface area contributed by atoms with Crippen molar-refractivity contribution in [3.8, 4) is 0 Å². The molecule has 0 spiro atoms. The topological polar surface area (TPSA) is 111 Å². The highest BCUT2D eigenvalue weighted by Gasteiger charge is 2.30. The van der Waals surface area contributed by atoms with Gasteiger partial charge in [-0.05, 0) is 109 Å². The van der Waals surface area contributed by atoms with Crippen molar-refractivity contribution in [1.29, 1.82) is 0 Å². The number of unbranched alkanes of at least 4 members (excludes halogenated alkanes) is 38. The van der Waals surface area contributed by atoms with Crippen LogP contribution >= 0.6 is 7.82 Å². The third kappa shape index (κ3) is 69.1. The minimum Gasteiger partial charge on any atom is -0.456 e. The maximum atomic E-state index is 13.7. The lowest BCUT2D eigenvalue weighted by Gasteiger charge is -2.27. The van der Waals surface area contributed by atoms with E-state index in [0.29, 0.717) is 17.4 Å². The molecule has 0 aromatic carbocycles. The van der Waals surface area contributed by atoms with Crippen LogP contribution < -0.4 is 5.32 Å². The molecule has 0 saturated heterocycles. The molecule has 2 N–H and O–H groups in total. The molecule has 0 aliphatic carbocycles. The summed E-state index contributed by atoms with van der Waals surface area (Å²) in [6.07, 6.45) is 92.8. The van der Waals surface area contributed by atoms with Crippen LogP contribution in [-0.4, -0.2) is 74.3 Å². The molecule has 3 atom stereocenters. The number of phosphoric ester groups is 1. The molecule has 0 bridgehead atoms. The van der Waals surface area contributed by atoms with Gasteiger partial charge in [0.1, 0.15) is 19.3 Å². The summed E-state index contributed by atoms with van der Waals surface area (Å²) < 4.78 is 30.9. The van der Waals surface area contributed by atoms with Crippen LogP contribution in [0.5, 0.6) is 0 Å². The predicted octanol–water partition coefficient (Wildman–Crippen LogP) is 24.2. The fourth-order valence-electron chi connectivity index (χ4n) is 10.8. The van der Waals surface area contributed by atoms with E-state index in [-0.39, 0.29) is 31.5 Å². The number of esters is 1. The second-order valence-corrected chi connectivity index (χ2v) is 27.9. The molecular formula is C79H144N2O7P+. The number of rotatable bonds is 68. The van der Waals surface area contributed by atoms with Gasteiger partial charge in [-0.2, -0.15) is 0 Å². The summed E-state index contributed by atoms with van der Waals surface area (Å²) in [7, 11) is 1.49. The second-order valence-electron chi connectivity index (χ2n) is 26.4. The zero-order chi connectivity index (χ0) is 64.9. The highest BCUT2D eigenvalue weighted by atomic mass is 31.2. The van der Waals surface area contributed by atoms with Gasteiger partial charge in [-0.15, -0.1) is 0 Å². The molecule has 0 aliphatic heterocycles. The van der Waals surface area contributed by atoms with E-state index in [1.54, 1.807) is 0 Å². The number of ether oxygens (including phenoxy) is 1. The van der Waals surface area contributed by atoms with Gasteiger partial charge in [-0.25, -0.2) is 4.57 Å². The van der Waals surface area contributed by atoms with Crippen molar-refractivity contribution in [2.75, 3.05) is 40.9 Å². The lowest BCUT2D eigenvalue weighted by molar-refractivity contribution is -0.870. The first-order chi connectivity index (χ1) is 43.4. The van der Waals surface area contributed by atoms with Crippen LogP contribution in [0.3, 0.4) is 0 Å². The number of carbonyl (C=O) groups excluding carboxylic acids is 2. The normalized spacial score (nSPS) is 14.0. The van der Waals surface area contributed by atoms with E-state index in [1.807, 2.05) is 33.3 Å². The molecule has 10 heteroatoms. The zero-order valence-corrected chi connectivity index (χ0v) is 60.1. The van der Waals surface area contributed by atoms with Gasteiger partial charge in [-0.3, -0.25) is 18.6 Å². The third-order valence-corrected chi connectivity index (χ3v) is 17.5. The van der Waals surface area contributed by atoms with Crippen molar-refractivity contribution in [2.24, 2.45) is 0 Å². The number of nitrogens with zero attached hydrogens (tertiary/aromatic N) is 1. The van der Waals surface area contributed by atoms with Crippen molar-refractivity contribution in [2.45, 2.75) is 354 Å². The minimum absolute atomic E-state index is 0.0349. The van der Waals surface area contributed by atoms with Gasteiger partial charge in [0.25, 0.3) is 0 Å². The van der Waals surface area contributed by atoms with E-state index in [1.165, 1.54) is 186 Å². The Balaban J connectivity index is 5.08. The molecular weight excluding hydrogens is 1120 g/mol. The van der Waals surface area contributed by atoms with E-state index in [2.05, 4.69) is 111 Å². The standard InChI is InChI=1S/C79H143N2O7P/c1-7-10-13-16-19-22-25-28-30-32-34-36-38-40-42-44-46-48-50-53-56-59-62-65-68-71-78(82)80-76(75-87-89(84,85)86-74-73-81(4,5)6)77(70-67-64-61-58-55-52-27-24-21-18-15-12-9-3)88-79(83)72-69-66-63-60-57-54-51-49-47-45-43-41-39-37-35-33-31-29-26-23-20-17-14-11-8-2/h11,14,20,23,28-31,35,37,41,43,47,49,67,70,76-77H,7-10,12-13,15-19,21-22,24-27,32-34,36,38-40,42,44-46,48,50-66,68-69,71-75H2,1-6H3,(H-,80,82,84,85)/p+1/b14-11-,23-20-,30-28+,31-29-,37-35-,43-41-,49-47-,70-67+. The Morgan fingerprint density at radius 3 is 1.09 bits per heavy atom. The van der Waals surface area contributed by atoms with Gasteiger partial charge in [0.15, 0.2) is 0 Å². The van der Waals surface area contributed by atoms with Gasteiger partial charge in [0.2, 0.25) is 5.91 Å². The molecule has 3 unspecified atom stereocenters. The monoisotopic (exact) mass is 1260 g/mol. The van der Waals surface area contributed by atoms with Gasteiger partial charge in [0.05, 0.1) is 33.8 Å². The molecule has 0 radical (unpaired) electrons. The van der Waals surface area contributed by atoms with Crippen LogP contribution in [0.15, 0.2) is 97.2 Å². The number of nitrogens with one attached hydrogen (secondary N) is 1. The first-order valence-electron chi connectivity index (χ1n) is 37.6. The van der Waals surface area contributed by atoms with Crippen molar-refractivity contribution in [3.63, 3.8) is 0 Å². The molecule has 0 saturated carbocycles. The van der Waals surface area contributed by atoms with Crippen LogP contribution in [0.1, 0.15) is 342 Å². The number of likely N-dealkylation sites (N-methyl/N-ethyl adjacent to an activating group) is 1. The fraction of sp³-hybridized carbons (Fsp3) is 0.772. The van der Waals surface area contributed by atoms with E-state index >= 15 is 0 Å². The molecule has 0 fully saturated rings. The Morgan fingerprint density at radius 1 is 0.404 bits per heavy atom. The molecule has 0 rings (SSSR count). The van der Waals surface area contributed by atoms with E-state index in [9.17, 15) is 19.0 Å². The Labute approximate surface area is 551 Å². The van der Waals surface area contributed by atoms with Crippen molar-refractivity contribution in [1.82, 2.24) is 5.32 Å². The molecule has 0 aliphatic rings. The number of hydrogen-bond donors (Lipinski definition) is 2. The number of amides is 1. The van der Waals surface area contributed by atoms with E-state index < -0.39 is 20.0 Å². The maximum absolute atomic E-state index is 13.7. The predicted molar refractivity (Wildman–Crippen MR) is 387 cm³/mol. The SMILES string of the molecule is CC/C=C\C/C=C\C/C=C\C/C=C\C/C=C\C/C=C\CCCCCCCCC(=O)OC(/C=C/CCCCCCCCCCCCC)C(COP(=O)(O)OCC[N+](C)(C)C)NC(=O)CCCCCCCCCCCCCCCCC/C=C/CCCCCCCC. The summed E-state index contributed by atoms with van der Waals surface area (Å²) in [4.78, 5) is 38.0. The Bertz CT molecular complexity index is 1840. The summed E-state index contributed by atoms with van der Waals surface area (Å²) in [6, 6.07) is -0.861. The van der Waals surface area contributed by atoms with Crippen molar-refractivity contribution < 1.29 is 37.3 Å². The van der Waals surface area contributed by atoms with Crippen molar-refractivity contribution >= 4 is 19.7 Å². The average Bonchev–Trinajstić information content (AvgIpc) is 3.54.